The fourth-order valence-corrected chi connectivity index (χ4v) is 1.75. The Bertz CT molecular complexity index is 412. The van der Waals surface area contributed by atoms with Gasteiger partial charge in [-0.25, -0.2) is 0 Å². The molecule has 1 unspecified atom stereocenters. The number of hydrogen-bond acceptors (Lipinski definition) is 2. The average Bonchev–Trinajstić information content (AvgIpc) is 2.26. The number of rotatable bonds is 4. The summed E-state index contributed by atoms with van der Waals surface area (Å²) in [5, 5.41) is 11.7. The van der Waals surface area contributed by atoms with Crippen LogP contribution in [-0.2, 0) is 4.79 Å². The zero-order valence-corrected chi connectivity index (χ0v) is 10.6. The van der Waals surface area contributed by atoms with Crippen molar-refractivity contribution in [3.63, 3.8) is 0 Å². The number of amides is 1. The monoisotopic (exact) mass is 280 g/mol. The first-order valence-electron chi connectivity index (χ1n) is 5.11. The van der Waals surface area contributed by atoms with Crippen molar-refractivity contribution in [3.05, 3.63) is 34.3 Å². The van der Waals surface area contributed by atoms with Gasteiger partial charge in [0.25, 0.3) is 0 Å². The molecule has 0 saturated carbocycles. The van der Waals surface area contributed by atoms with Gasteiger partial charge in [-0.3, -0.25) is 4.79 Å². The number of halogens is 1. The van der Waals surface area contributed by atoms with E-state index < -0.39 is 6.04 Å². The number of carbonyl (C=O) groups excluding carboxylic acids is 1. The number of nitrogens with zero attached hydrogens (tertiary/aromatic N) is 1. The van der Waals surface area contributed by atoms with E-state index in [1.54, 1.807) is 0 Å². The molecule has 0 aromatic heterocycles. The van der Waals surface area contributed by atoms with Crippen LogP contribution in [0.15, 0.2) is 28.7 Å². The molecule has 0 spiro atoms. The van der Waals surface area contributed by atoms with Crippen molar-refractivity contribution in [3.8, 4) is 6.07 Å². The Labute approximate surface area is 104 Å². The van der Waals surface area contributed by atoms with Gasteiger partial charge in [0.1, 0.15) is 6.04 Å². The maximum absolute atomic E-state index is 11.4. The van der Waals surface area contributed by atoms with Crippen LogP contribution in [0.5, 0.6) is 0 Å². The van der Waals surface area contributed by atoms with Gasteiger partial charge >= 0.3 is 0 Å². The second kappa shape index (κ2) is 6.29. The lowest BCUT2D eigenvalue weighted by Gasteiger charge is -2.11. The lowest BCUT2D eigenvalue weighted by atomic mass is 10.1. The van der Waals surface area contributed by atoms with E-state index in [1.807, 2.05) is 31.2 Å². The van der Waals surface area contributed by atoms with Crippen molar-refractivity contribution in [1.82, 2.24) is 5.32 Å². The second-order valence-electron chi connectivity index (χ2n) is 3.43. The van der Waals surface area contributed by atoms with E-state index >= 15 is 0 Å². The summed E-state index contributed by atoms with van der Waals surface area (Å²) in [6, 6.07) is 8.89. The normalized spacial score (nSPS) is 11.6. The molecule has 0 bridgehead atoms. The Morgan fingerprint density at radius 1 is 1.62 bits per heavy atom. The maximum Gasteiger partial charge on any atom is 0.221 e. The van der Waals surface area contributed by atoms with Crippen LogP contribution in [0.25, 0.3) is 0 Å². The maximum atomic E-state index is 11.4. The first-order chi connectivity index (χ1) is 7.67. The van der Waals surface area contributed by atoms with E-state index in [1.165, 1.54) is 0 Å². The van der Waals surface area contributed by atoms with E-state index in [0.29, 0.717) is 6.42 Å². The molecule has 1 aromatic rings. The van der Waals surface area contributed by atoms with Crippen molar-refractivity contribution >= 4 is 21.8 Å². The van der Waals surface area contributed by atoms with Gasteiger partial charge in [-0.2, -0.15) is 5.26 Å². The smallest absolute Gasteiger partial charge is 0.221 e. The Morgan fingerprint density at radius 2 is 2.38 bits per heavy atom. The minimum atomic E-state index is -0.573. The van der Waals surface area contributed by atoms with Crippen LogP contribution in [0.2, 0.25) is 0 Å². The summed E-state index contributed by atoms with van der Waals surface area (Å²) in [6.07, 6.45) is 1.23. The first-order valence-corrected chi connectivity index (χ1v) is 5.91. The molecule has 0 fully saturated rings. The van der Waals surface area contributed by atoms with E-state index in [0.717, 1.165) is 16.5 Å². The van der Waals surface area contributed by atoms with Crippen LogP contribution in [0, 0.1) is 11.3 Å². The van der Waals surface area contributed by atoms with Crippen LogP contribution >= 0.6 is 15.9 Å². The Kier molecular flexibility index (Phi) is 5.00. The highest BCUT2D eigenvalue weighted by Crippen LogP contribution is 2.17. The first kappa shape index (κ1) is 12.7. The molecule has 1 amide bonds. The van der Waals surface area contributed by atoms with Gasteiger partial charge in [0, 0.05) is 10.9 Å². The van der Waals surface area contributed by atoms with Crippen LogP contribution in [0.1, 0.15) is 31.4 Å². The summed E-state index contributed by atoms with van der Waals surface area (Å²) >= 11 is 3.33. The molecule has 16 heavy (non-hydrogen) atoms. The fourth-order valence-electron chi connectivity index (χ4n) is 1.34. The molecule has 1 N–H and O–H groups in total. The van der Waals surface area contributed by atoms with Crippen molar-refractivity contribution in [2.24, 2.45) is 0 Å². The molecule has 3 nitrogen and oxygen atoms in total. The lowest BCUT2D eigenvalue weighted by molar-refractivity contribution is -0.121. The number of hydrogen-bond donors (Lipinski definition) is 1. The molecule has 0 aliphatic rings. The van der Waals surface area contributed by atoms with E-state index in [-0.39, 0.29) is 5.91 Å². The number of carbonyl (C=O) groups is 1. The molecule has 0 aliphatic heterocycles. The van der Waals surface area contributed by atoms with Gasteiger partial charge in [-0.15, -0.1) is 0 Å². The lowest BCUT2D eigenvalue weighted by Crippen LogP contribution is -2.27. The predicted octanol–water partition coefficient (Wildman–Crippen LogP) is 2.93. The van der Waals surface area contributed by atoms with Crippen molar-refractivity contribution in [1.29, 1.82) is 5.26 Å². The quantitative estimate of drug-likeness (QED) is 0.922. The molecule has 84 valence electrons. The average molecular weight is 281 g/mol. The van der Waals surface area contributed by atoms with E-state index in [4.69, 9.17) is 5.26 Å². The molecule has 4 heteroatoms. The topological polar surface area (TPSA) is 52.9 Å². The van der Waals surface area contributed by atoms with Gasteiger partial charge in [0.15, 0.2) is 0 Å². The van der Waals surface area contributed by atoms with Crippen molar-refractivity contribution in [2.75, 3.05) is 0 Å². The predicted molar refractivity (Wildman–Crippen MR) is 65.5 cm³/mol. The van der Waals surface area contributed by atoms with Gasteiger partial charge in [-0.1, -0.05) is 35.0 Å². The van der Waals surface area contributed by atoms with Gasteiger partial charge in [-0.05, 0) is 24.1 Å². The summed E-state index contributed by atoms with van der Waals surface area (Å²) in [6.45, 7) is 1.93. The van der Waals surface area contributed by atoms with Gasteiger partial charge in [0.05, 0.1) is 6.07 Å². The third-order valence-corrected chi connectivity index (χ3v) is 2.59. The Balaban J connectivity index is 2.76. The highest BCUT2D eigenvalue weighted by Gasteiger charge is 2.12. The zero-order valence-electron chi connectivity index (χ0n) is 9.03. The molecule has 1 aromatic carbocycles. The van der Waals surface area contributed by atoms with Crippen molar-refractivity contribution in [2.45, 2.75) is 25.8 Å². The third-order valence-electron chi connectivity index (χ3n) is 2.09. The van der Waals surface area contributed by atoms with Crippen LogP contribution < -0.4 is 5.32 Å². The zero-order chi connectivity index (χ0) is 12.0. The number of benzene rings is 1. The summed E-state index contributed by atoms with van der Waals surface area (Å²) in [7, 11) is 0. The molecule has 1 rings (SSSR count). The molecule has 0 aliphatic carbocycles. The summed E-state index contributed by atoms with van der Waals surface area (Å²) in [5.41, 5.74) is 0.793. The summed E-state index contributed by atoms with van der Waals surface area (Å²) < 4.78 is 0.898. The molecular weight excluding hydrogens is 268 g/mol. The largest absolute Gasteiger partial charge is 0.337 e. The number of nitrogens with one attached hydrogen (secondary N) is 1. The number of nitriles is 1. The molecular formula is C12H13BrN2O. The fraction of sp³-hybridized carbons (Fsp3) is 0.333. The van der Waals surface area contributed by atoms with Crippen molar-refractivity contribution < 1.29 is 4.79 Å². The molecule has 1 atom stereocenters. The second-order valence-corrected chi connectivity index (χ2v) is 4.35. The van der Waals surface area contributed by atoms with E-state index in [9.17, 15) is 4.79 Å². The van der Waals surface area contributed by atoms with Crippen LogP contribution in [0.4, 0.5) is 0 Å². The Hall–Kier alpha value is -1.34. The highest BCUT2D eigenvalue weighted by atomic mass is 79.9. The van der Waals surface area contributed by atoms with Crippen LogP contribution in [-0.4, -0.2) is 5.91 Å². The van der Waals surface area contributed by atoms with Crippen LogP contribution in [0.3, 0.4) is 0 Å². The molecule has 0 radical (unpaired) electrons. The molecule has 0 heterocycles. The highest BCUT2D eigenvalue weighted by molar-refractivity contribution is 9.10. The third kappa shape index (κ3) is 3.67. The minimum Gasteiger partial charge on any atom is -0.337 e. The Morgan fingerprint density at radius 3 is 2.94 bits per heavy atom. The summed E-state index contributed by atoms with van der Waals surface area (Å²) in [4.78, 5) is 11.4. The summed E-state index contributed by atoms with van der Waals surface area (Å²) in [5.74, 6) is -0.0889. The van der Waals surface area contributed by atoms with Gasteiger partial charge in [0.2, 0.25) is 5.91 Å². The standard InChI is InChI=1S/C12H13BrN2O/c1-2-4-12(16)15-11(8-14)9-5-3-6-10(13)7-9/h3,5-7,11H,2,4H2,1H3,(H,15,16). The SMILES string of the molecule is CCCC(=O)NC(C#N)c1cccc(Br)c1. The molecule has 0 saturated heterocycles. The van der Waals surface area contributed by atoms with E-state index in [2.05, 4.69) is 27.3 Å². The minimum absolute atomic E-state index is 0.0889. The van der Waals surface area contributed by atoms with Gasteiger partial charge < -0.3 is 5.32 Å².